The maximum Gasteiger partial charge on any atom is 0.433 e. The second kappa shape index (κ2) is 5.83. The lowest BCUT2D eigenvalue weighted by atomic mass is 10.2. The van der Waals surface area contributed by atoms with Gasteiger partial charge in [-0.25, -0.2) is 10.8 Å². The highest BCUT2D eigenvalue weighted by Crippen LogP contribution is 2.30. The SMILES string of the molecule is CSC(C)(C)CNc1cc(C(F)(F)F)nc(NN)n1. The molecule has 0 fully saturated rings. The van der Waals surface area contributed by atoms with E-state index in [2.05, 4.69) is 15.3 Å². The number of rotatable bonds is 5. The van der Waals surface area contributed by atoms with Crippen LogP contribution in [0.3, 0.4) is 0 Å². The summed E-state index contributed by atoms with van der Waals surface area (Å²) >= 11 is 1.60. The molecule has 9 heteroatoms. The van der Waals surface area contributed by atoms with Crippen LogP contribution in [0.25, 0.3) is 0 Å². The van der Waals surface area contributed by atoms with Crippen LogP contribution >= 0.6 is 11.8 Å². The third kappa shape index (κ3) is 4.75. The van der Waals surface area contributed by atoms with Gasteiger partial charge in [0.25, 0.3) is 0 Å². The Kier molecular flexibility index (Phi) is 4.86. The zero-order valence-corrected chi connectivity index (χ0v) is 11.6. The number of nitrogens with one attached hydrogen (secondary N) is 2. The van der Waals surface area contributed by atoms with Crippen molar-refractivity contribution in [3.8, 4) is 0 Å². The van der Waals surface area contributed by atoms with Crippen LogP contribution in [0.15, 0.2) is 6.07 Å². The lowest BCUT2D eigenvalue weighted by Crippen LogP contribution is -2.27. The molecular formula is C10H16F3N5S. The molecule has 0 radical (unpaired) electrons. The topological polar surface area (TPSA) is 75.9 Å². The quantitative estimate of drug-likeness (QED) is 0.572. The maximum absolute atomic E-state index is 12.6. The molecule has 4 N–H and O–H groups in total. The highest BCUT2D eigenvalue weighted by Gasteiger charge is 2.33. The van der Waals surface area contributed by atoms with Crippen molar-refractivity contribution >= 4 is 23.5 Å². The van der Waals surface area contributed by atoms with Gasteiger partial charge in [-0.15, -0.1) is 0 Å². The average molecular weight is 295 g/mol. The predicted octanol–water partition coefficient (Wildman–Crippen LogP) is 2.33. The summed E-state index contributed by atoms with van der Waals surface area (Å²) in [6.45, 7) is 4.41. The number of nitrogens with zero attached hydrogens (tertiary/aromatic N) is 2. The lowest BCUT2D eigenvalue weighted by Gasteiger charge is -2.22. The van der Waals surface area contributed by atoms with Gasteiger partial charge in [0.15, 0.2) is 5.69 Å². The Morgan fingerprint density at radius 3 is 2.42 bits per heavy atom. The highest BCUT2D eigenvalue weighted by molar-refractivity contribution is 7.99. The molecule has 0 spiro atoms. The Morgan fingerprint density at radius 1 is 1.32 bits per heavy atom. The smallest absolute Gasteiger partial charge is 0.369 e. The van der Waals surface area contributed by atoms with Gasteiger partial charge in [-0.2, -0.15) is 29.9 Å². The monoisotopic (exact) mass is 295 g/mol. The molecule has 108 valence electrons. The summed E-state index contributed by atoms with van der Waals surface area (Å²) in [5, 5.41) is 2.86. The van der Waals surface area contributed by atoms with Crippen molar-refractivity contribution in [1.29, 1.82) is 0 Å². The molecule has 1 aromatic rings. The van der Waals surface area contributed by atoms with E-state index in [1.165, 1.54) is 0 Å². The minimum atomic E-state index is -4.54. The average Bonchev–Trinajstić information content (AvgIpc) is 2.35. The third-order valence-electron chi connectivity index (χ3n) is 2.39. The van der Waals surface area contributed by atoms with Crippen molar-refractivity contribution in [3.05, 3.63) is 11.8 Å². The number of anilines is 2. The standard InChI is InChI=1S/C10H16F3N5S/c1-9(2,19-3)5-15-7-4-6(10(11,12)13)16-8(17-7)18-14/h4H,5,14H2,1-3H3,(H2,15,16,17,18). The van der Waals surface area contributed by atoms with E-state index in [0.717, 1.165) is 6.07 Å². The van der Waals surface area contributed by atoms with Crippen molar-refractivity contribution in [1.82, 2.24) is 9.97 Å². The van der Waals surface area contributed by atoms with Gasteiger partial charge in [0.1, 0.15) is 5.82 Å². The van der Waals surface area contributed by atoms with Crippen molar-refractivity contribution in [2.75, 3.05) is 23.5 Å². The first-order valence-electron chi connectivity index (χ1n) is 5.40. The van der Waals surface area contributed by atoms with E-state index in [0.29, 0.717) is 6.54 Å². The minimum absolute atomic E-state index is 0.0809. The molecule has 5 nitrogen and oxygen atoms in total. The van der Waals surface area contributed by atoms with Crippen molar-refractivity contribution in [3.63, 3.8) is 0 Å². The molecule has 0 saturated heterocycles. The van der Waals surface area contributed by atoms with Crippen LogP contribution in [0.5, 0.6) is 0 Å². The maximum atomic E-state index is 12.6. The molecule has 0 atom stereocenters. The Bertz CT molecular complexity index is 436. The summed E-state index contributed by atoms with van der Waals surface area (Å²) in [5.41, 5.74) is 0.982. The van der Waals surface area contributed by atoms with E-state index in [9.17, 15) is 13.2 Å². The summed E-state index contributed by atoms with van der Waals surface area (Å²) in [6.07, 6.45) is -2.62. The summed E-state index contributed by atoms with van der Waals surface area (Å²) in [7, 11) is 0. The van der Waals surface area contributed by atoms with Crippen LogP contribution < -0.4 is 16.6 Å². The Morgan fingerprint density at radius 2 is 1.95 bits per heavy atom. The number of hydrogen-bond donors (Lipinski definition) is 3. The molecule has 1 heterocycles. The second-order valence-corrected chi connectivity index (χ2v) is 5.93. The number of alkyl halides is 3. The van der Waals surface area contributed by atoms with Crippen LogP contribution in [0.4, 0.5) is 24.9 Å². The summed E-state index contributed by atoms with van der Waals surface area (Å²) in [6, 6.07) is 0.858. The number of nitrogens with two attached hydrogens (primary N) is 1. The minimum Gasteiger partial charge on any atom is -0.369 e. The van der Waals surface area contributed by atoms with Gasteiger partial charge in [0.05, 0.1) is 0 Å². The summed E-state index contributed by atoms with van der Waals surface area (Å²) < 4.78 is 37.8. The number of thioether (sulfide) groups is 1. The van der Waals surface area contributed by atoms with Crippen LogP contribution in [0, 0.1) is 0 Å². The summed E-state index contributed by atoms with van der Waals surface area (Å²) in [5.74, 6) is 4.87. The molecule has 0 bridgehead atoms. The molecule has 1 rings (SSSR count). The van der Waals surface area contributed by atoms with Crippen LogP contribution in [-0.2, 0) is 6.18 Å². The molecule has 0 unspecified atom stereocenters. The largest absolute Gasteiger partial charge is 0.433 e. The first-order valence-corrected chi connectivity index (χ1v) is 6.62. The second-order valence-electron chi connectivity index (χ2n) is 4.42. The number of nitrogen functional groups attached to an aromatic ring is 1. The molecule has 0 aliphatic rings. The van der Waals surface area contributed by atoms with Gasteiger partial charge in [-0.1, -0.05) is 0 Å². The van der Waals surface area contributed by atoms with Gasteiger partial charge < -0.3 is 5.32 Å². The number of halogens is 3. The fourth-order valence-electron chi connectivity index (χ4n) is 1.12. The Balaban J connectivity index is 2.95. The van der Waals surface area contributed by atoms with Gasteiger partial charge in [0, 0.05) is 17.4 Å². The van der Waals surface area contributed by atoms with Gasteiger partial charge >= 0.3 is 6.18 Å². The highest BCUT2D eigenvalue weighted by atomic mass is 32.2. The predicted molar refractivity (Wildman–Crippen MR) is 70.9 cm³/mol. The van der Waals surface area contributed by atoms with E-state index >= 15 is 0 Å². The Hall–Kier alpha value is -1.22. The van der Waals surface area contributed by atoms with E-state index in [1.807, 2.05) is 25.5 Å². The summed E-state index contributed by atoms with van der Waals surface area (Å²) in [4.78, 5) is 7.11. The molecule has 1 aromatic heterocycles. The van der Waals surface area contributed by atoms with Gasteiger partial charge in [-0.3, -0.25) is 5.43 Å². The van der Waals surface area contributed by atoms with Crippen molar-refractivity contribution in [2.24, 2.45) is 5.84 Å². The lowest BCUT2D eigenvalue weighted by molar-refractivity contribution is -0.141. The normalized spacial score (nSPS) is 12.4. The van der Waals surface area contributed by atoms with E-state index < -0.39 is 11.9 Å². The number of aromatic nitrogens is 2. The molecule has 0 saturated carbocycles. The zero-order valence-electron chi connectivity index (χ0n) is 10.8. The van der Waals surface area contributed by atoms with Crippen LogP contribution in [0.2, 0.25) is 0 Å². The van der Waals surface area contributed by atoms with E-state index in [4.69, 9.17) is 5.84 Å². The van der Waals surface area contributed by atoms with Gasteiger partial charge in [-0.05, 0) is 20.1 Å². The Labute approximate surface area is 113 Å². The zero-order chi connectivity index (χ0) is 14.7. The van der Waals surface area contributed by atoms with E-state index in [1.54, 1.807) is 11.8 Å². The molecule has 19 heavy (non-hydrogen) atoms. The first-order chi connectivity index (χ1) is 8.68. The molecular weight excluding hydrogens is 279 g/mol. The van der Waals surface area contributed by atoms with Crippen LogP contribution in [0.1, 0.15) is 19.5 Å². The molecule has 0 amide bonds. The fraction of sp³-hybridized carbons (Fsp3) is 0.600. The van der Waals surface area contributed by atoms with Crippen LogP contribution in [-0.4, -0.2) is 27.5 Å². The fourth-order valence-corrected chi connectivity index (χ4v) is 1.34. The number of hydrazine groups is 1. The van der Waals surface area contributed by atoms with E-state index in [-0.39, 0.29) is 16.5 Å². The molecule has 0 aliphatic carbocycles. The first kappa shape index (κ1) is 15.8. The van der Waals surface area contributed by atoms with Crippen molar-refractivity contribution < 1.29 is 13.2 Å². The van der Waals surface area contributed by atoms with Gasteiger partial charge in [0.2, 0.25) is 5.95 Å². The number of hydrogen-bond acceptors (Lipinski definition) is 6. The third-order valence-corrected chi connectivity index (χ3v) is 3.64. The van der Waals surface area contributed by atoms with Crippen molar-refractivity contribution in [2.45, 2.75) is 24.8 Å². The molecule has 0 aromatic carbocycles. The molecule has 0 aliphatic heterocycles.